The average molecular weight is 479 g/mol. The van der Waals surface area contributed by atoms with Gasteiger partial charge in [0.2, 0.25) is 0 Å². The fourth-order valence-corrected chi connectivity index (χ4v) is 3.21. The van der Waals surface area contributed by atoms with Crippen LogP contribution in [-0.2, 0) is 19.6 Å². The van der Waals surface area contributed by atoms with Crippen molar-refractivity contribution in [2.24, 2.45) is 0 Å². The second-order valence-electron chi connectivity index (χ2n) is 6.88. The molecule has 0 unspecified atom stereocenters. The van der Waals surface area contributed by atoms with Crippen molar-refractivity contribution in [2.45, 2.75) is 19.6 Å². The van der Waals surface area contributed by atoms with Crippen molar-refractivity contribution in [3.8, 4) is 23.0 Å². The van der Waals surface area contributed by atoms with Crippen LogP contribution in [-0.4, -0.2) is 32.9 Å². The molecule has 2 aromatic carbocycles. The van der Waals surface area contributed by atoms with E-state index >= 15 is 0 Å². The molecule has 0 aliphatic rings. The van der Waals surface area contributed by atoms with Gasteiger partial charge in [-0.2, -0.15) is 0 Å². The third-order valence-corrected chi connectivity index (χ3v) is 5.00. The summed E-state index contributed by atoms with van der Waals surface area (Å²) in [6, 6.07) is 15.6. The topological polar surface area (TPSA) is 61.8 Å². The standard InChI is InChI=1S/C24H27ClN2O4.ClH/c1-28-20-7-4-17(12-22(20)29-2)10-11-26-14-18-5-8-21(23(13-18)30-3)31-16-19-6-9-24(25)27-15-19;/h4-9,12-13,15,26H,10-11,14,16H2,1-3H3;1H. The molecule has 0 aliphatic heterocycles. The van der Waals surface area contributed by atoms with Crippen LogP contribution >= 0.6 is 24.0 Å². The lowest BCUT2D eigenvalue weighted by Gasteiger charge is -2.13. The van der Waals surface area contributed by atoms with E-state index in [2.05, 4.69) is 16.4 Å². The molecule has 0 aliphatic carbocycles. The summed E-state index contributed by atoms with van der Waals surface area (Å²) in [6.07, 6.45) is 2.58. The average Bonchev–Trinajstić information content (AvgIpc) is 2.81. The van der Waals surface area contributed by atoms with Gasteiger partial charge in [0.25, 0.3) is 0 Å². The Hall–Kier alpha value is -2.67. The highest BCUT2D eigenvalue weighted by Gasteiger charge is 2.08. The first-order valence-corrected chi connectivity index (χ1v) is 10.3. The Kier molecular flexibility index (Phi) is 10.4. The van der Waals surface area contributed by atoms with E-state index in [9.17, 15) is 0 Å². The molecule has 1 N–H and O–H groups in total. The number of methoxy groups -OCH3 is 3. The second-order valence-corrected chi connectivity index (χ2v) is 7.27. The molecule has 0 fully saturated rings. The van der Waals surface area contributed by atoms with Crippen LogP contribution in [0.3, 0.4) is 0 Å². The van der Waals surface area contributed by atoms with Crippen LogP contribution in [0.4, 0.5) is 0 Å². The Balaban J connectivity index is 0.00000363. The first-order chi connectivity index (χ1) is 15.1. The van der Waals surface area contributed by atoms with E-state index < -0.39 is 0 Å². The number of hydrogen-bond acceptors (Lipinski definition) is 6. The van der Waals surface area contributed by atoms with Crippen molar-refractivity contribution in [3.63, 3.8) is 0 Å². The maximum Gasteiger partial charge on any atom is 0.161 e. The molecule has 172 valence electrons. The minimum atomic E-state index is 0. The van der Waals surface area contributed by atoms with Crippen molar-refractivity contribution < 1.29 is 18.9 Å². The third kappa shape index (κ3) is 7.19. The molecular weight excluding hydrogens is 451 g/mol. The van der Waals surface area contributed by atoms with E-state index in [0.717, 1.165) is 42.1 Å². The van der Waals surface area contributed by atoms with E-state index in [-0.39, 0.29) is 12.4 Å². The Morgan fingerprint density at radius 3 is 2.09 bits per heavy atom. The third-order valence-electron chi connectivity index (χ3n) is 4.78. The van der Waals surface area contributed by atoms with Crippen LogP contribution in [0.1, 0.15) is 16.7 Å². The lowest BCUT2D eigenvalue weighted by atomic mass is 10.1. The van der Waals surface area contributed by atoms with Crippen LogP contribution < -0.4 is 24.3 Å². The number of nitrogens with one attached hydrogen (secondary N) is 1. The lowest BCUT2D eigenvalue weighted by Crippen LogP contribution is -2.16. The van der Waals surface area contributed by atoms with E-state index in [0.29, 0.717) is 23.3 Å². The number of ether oxygens (including phenoxy) is 4. The first kappa shape index (κ1) is 25.6. The summed E-state index contributed by atoms with van der Waals surface area (Å²) in [5.41, 5.74) is 3.24. The van der Waals surface area contributed by atoms with Crippen LogP contribution in [0, 0.1) is 0 Å². The monoisotopic (exact) mass is 478 g/mol. The van der Waals surface area contributed by atoms with Crippen LogP contribution in [0.25, 0.3) is 0 Å². The quantitative estimate of drug-likeness (QED) is 0.305. The van der Waals surface area contributed by atoms with Crippen LogP contribution in [0.15, 0.2) is 54.7 Å². The summed E-state index contributed by atoms with van der Waals surface area (Å²) < 4.78 is 22.0. The van der Waals surface area contributed by atoms with Gasteiger partial charge in [-0.05, 0) is 54.4 Å². The Morgan fingerprint density at radius 1 is 0.781 bits per heavy atom. The van der Waals surface area contributed by atoms with Crippen LogP contribution in [0.2, 0.25) is 5.15 Å². The number of nitrogens with zero attached hydrogens (tertiary/aromatic N) is 1. The van der Waals surface area contributed by atoms with Crippen molar-refractivity contribution in [1.29, 1.82) is 0 Å². The van der Waals surface area contributed by atoms with E-state index in [1.165, 1.54) is 5.56 Å². The maximum atomic E-state index is 5.88. The van der Waals surface area contributed by atoms with Gasteiger partial charge in [0.1, 0.15) is 11.8 Å². The van der Waals surface area contributed by atoms with Gasteiger partial charge in [-0.3, -0.25) is 0 Å². The van der Waals surface area contributed by atoms with Crippen molar-refractivity contribution >= 4 is 24.0 Å². The minimum absolute atomic E-state index is 0. The van der Waals surface area contributed by atoms with Crippen molar-refractivity contribution in [2.75, 3.05) is 27.9 Å². The number of hydrogen-bond donors (Lipinski definition) is 1. The van der Waals surface area contributed by atoms with E-state index in [1.807, 2.05) is 36.4 Å². The molecule has 32 heavy (non-hydrogen) atoms. The molecule has 0 atom stereocenters. The van der Waals surface area contributed by atoms with Gasteiger partial charge >= 0.3 is 0 Å². The molecule has 0 saturated heterocycles. The Bertz CT molecular complexity index is 984. The van der Waals surface area contributed by atoms with Gasteiger partial charge in [0.05, 0.1) is 21.3 Å². The first-order valence-electron chi connectivity index (χ1n) is 9.94. The molecule has 0 spiro atoms. The highest BCUT2D eigenvalue weighted by Crippen LogP contribution is 2.29. The Morgan fingerprint density at radius 2 is 1.41 bits per heavy atom. The van der Waals surface area contributed by atoms with E-state index in [1.54, 1.807) is 33.6 Å². The summed E-state index contributed by atoms with van der Waals surface area (Å²) in [5.74, 6) is 2.86. The van der Waals surface area contributed by atoms with Gasteiger partial charge in [0, 0.05) is 18.3 Å². The number of benzene rings is 2. The molecule has 1 heterocycles. The maximum absolute atomic E-state index is 5.88. The zero-order chi connectivity index (χ0) is 22.1. The summed E-state index contributed by atoms with van der Waals surface area (Å²) in [4.78, 5) is 4.06. The van der Waals surface area contributed by atoms with Gasteiger partial charge in [-0.1, -0.05) is 29.8 Å². The summed E-state index contributed by atoms with van der Waals surface area (Å²) in [7, 11) is 4.92. The molecule has 1 aromatic heterocycles. The molecule has 0 saturated carbocycles. The number of pyridine rings is 1. The number of halogens is 2. The van der Waals surface area contributed by atoms with Crippen molar-refractivity contribution in [3.05, 3.63) is 76.6 Å². The summed E-state index contributed by atoms with van der Waals surface area (Å²) >= 11 is 5.82. The van der Waals surface area contributed by atoms with Crippen LogP contribution in [0.5, 0.6) is 23.0 Å². The molecule has 6 nitrogen and oxygen atoms in total. The van der Waals surface area contributed by atoms with Gasteiger partial charge < -0.3 is 24.3 Å². The fourth-order valence-electron chi connectivity index (χ4n) is 3.10. The number of aromatic nitrogens is 1. The van der Waals surface area contributed by atoms with Gasteiger partial charge in [-0.25, -0.2) is 4.98 Å². The normalized spacial score (nSPS) is 10.2. The molecule has 0 radical (unpaired) electrons. The van der Waals surface area contributed by atoms with E-state index in [4.69, 9.17) is 30.5 Å². The highest BCUT2D eigenvalue weighted by atomic mass is 35.5. The molecule has 3 rings (SSSR count). The zero-order valence-corrected chi connectivity index (χ0v) is 20.0. The van der Waals surface area contributed by atoms with Crippen molar-refractivity contribution in [1.82, 2.24) is 10.3 Å². The minimum Gasteiger partial charge on any atom is -0.493 e. The highest BCUT2D eigenvalue weighted by molar-refractivity contribution is 6.29. The largest absolute Gasteiger partial charge is 0.493 e. The summed E-state index contributed by atoms with van der Waals surface area (Å²) in [5, 5.41) is 3.92. The predicted molar refractivity (Wildman–Crippen MR) is 129 cm³/mol. The SMILES string of the molecule is COc1ccc(CCNCc2ccc(OCc3ccc(Cl)nc3)c(OC)c2)cc1OC.Cl. The molecule has 3 aromatic rings. The van der Waals surface area contributed by atoms with Gasteiger partial charge in [-0.15, -0.1) is 12.4 Å². The summed E-state index contributed by atoms with van der Waals surface area (Å²) in [6.45, 7) is 1.95. The molecule has 8 heteroatoms. The fraction of sp³-hybridized carbons (Fsp3) is 0.292. The zero-order valence-electron chi connectivity index (χ0n) is 18.4. The molecular formula is C24H28Cl2N2O4. The Labute approximate surface area is 200 Å². The number of rotatable bonds is 11. The van der Waals surface area contributed by atoms with Gasteiger partial charge in [0.15, 0.2) is 23.0 Å². The second kappa shape index (κ2) is 13.0. The lowest BCUT2D eigenvalue weighted by molar-refractivity contribution is 0.284. The smallest absolute Gasteiger partial charge is 0.161 e. The predicted octanol–water partition coefficient (Wildman–Crippen LogP) is 5.09. The molecule has 0 bridgehead atoms. The molecule has 0 amide bonds.